The summed E-state index contributed by atoms with van der Waals surface area (Å²) >= 11 is 0. The Balaban J connectivity index is 0. The van der Waals surface area contributed by atoms with E-state index in [9.17, 15) is 14.4 Å². The fourth-order valence-electron chi connectivity index (χ4n) is 0.736. The van der Waals surface area contributed by atoms with E-state index < -0.39 is 17.9 Å². The summed E-state index contributed by atoms with van der Waals surface area (Å²) in [6, 6.07) is 0. The van der Waals surface area contributed by atoms with Crippen LogP contribution in [0, 0.1) is 0 Å². The lowest BCUT2D eigenvalue weighted by molar-refractivity contribution is -0.145. The quantitative estimate of drug-likeness (QED) is 0.385. The Hall–Kier alpha value is -2.35. The molecule has 0 aromatic heterocycles. The van der Waals surface area contributed by atoms with Gasteiger partial charge in [0, 0.05) is 20.8 Å². The highest BCUT2D eigenvalue weighted by Crippen LogP contribution is 2.08. The minimum absolute atomic E-state index is 0. The molecule has 8 heteroatoms. The van der Waals surface area contributed by atoms with Gasteiger partial charge in [0.25, 0.3) is 5.95 Å². The minimum Gasteiger partial charge on any atom is -0.458 e. The molecule has 0 spiro atoms. The van der Waals surface area contributed by atoms with Crippen LogP contribution in [0.2, 0.25) is 0 Å². The van der Waals surface area contributed by atoms with Gasteiger partial charge in [-0.15, -0.1) is 0 Å². The van der Waals surface area contributed by atoms with Crippen molar-refractivity contribution < 1.29 is 38.8 Å². The van der Waals surface area contributed by atoms with Crippen LogP contribution in [-0.2, 0) is 33.3 Å². The van der Waals surface area contributed by atoms with E-state index in [0.29, 0.717) is 0 Å². The van der Waals surface area contributed by atoms with Gasteiger partial charge in [0.2, 0.25) is 0 Å². The predicted octanol–water partition coefficient (Wildman–Crippen LogP) is 0.180. The Bertz CT molecular complexity index is 382. The number of carbonyl (C=O) groups is 3. The van der Waals surface area contributed by atoms with Gasteiger partial charge in [0.05, 0.1) is 0 Å². The van der Waals surface area contributed by atoms with Gasteiger partial charge < -0.3 is 24.4 Å². The first-order chi connectivity index (χ1) is 8.31. The standard InChI is InChI=1S/C11H14O7.H2O/c1-7(12)15-5-11(6-16-8(2)13)18-10(4)17-9(3)14;/h5H,4,6H2,1-3H3;1H2/b11-5+;. The van der Waals surface area contributed by atoms with Crippen molar-refractivity contribution in [1.29, 1.82) is 0 Å². The summed E-state index contributed by atoms with van der Waals surface area (Å²) < 4.78 is 18.6. The molecule has 0 unspecified atom stereocenters. The number of esters is 3. The van der Waals surface area contributed by atoms with Crippen LogP contribution in [0.5, 0.6) is 0 Å². The molecule has 0 amide bonds. The summed E-state index contributed by atoms with van der Waals surface area (Å²) in [5, 5.41) is 0. The summed E-state index contributed by atoms with van der Waals surface area (Å²) in [4.78, 5) is 31.9. The first-order valence-corrected chi connectivity index (χ1v) is 4.86. The van der Waals surface area contributed by atoms with E-state index in [1.807, 2.05) is 0 Å². The van der Waals surface area contributed by atoms with E-state index in [1.54, 1.807) is 0 Å². The highest BCUT2D eigenvalue weighted by molar-refractivity contribution is 5.67. The van der Waals surface area contributed by atoms with Crippen molar-refractivity contribution >= 4 is 17.9 Å². The van der Waals surface area contributed by atoms with E-state index in [1.165, 1.54) is 13.8 Å². The van der Waals surface area contributed by atoms with Crippen molar-refractivity contribution in [2.75, 3.05) is 6.61 Å². The van der Waals surface area contributed by atoms with Crippen LogP contribution in [-0.4, -0.2) is 30.0 Å². The summed E-state index contributed by atoms with van der Waals surface area (Å²) in [5.74, 6) is -2.14. The van der Waals surface area contributed by atoms with Crippen LogP contribution in [0.1, 0.15) is 20.8 Å². The van der Waals surface area contributed by atoms with Crippen LogP contribution in [0.25, 0.3) is 0 Å². The lowest BCUT2D eigenvalue weighted by Crippen LogP contribution is -2.09. The van der Waals surface area contributed by atoms with Crippen LogP contribution >= 0.6 is 0 Å². The molecule has 0 bridgehead atoms. The molecule has 0 aromatic rings. The number of hydrogen-bond donors (Lipinski definition) is 0. The highest BCUT2D eigenvalue weighted by atomic mass is 16.7. The van der Waals surface area contributed by atoms with E-state index in [2.05, 4.69) is 20.8 Å². The average molecular weight is 276 g/mol. The first-order valence-electron chi connectivity index (χ1n) is 4.86. The van der Waals surface area contributed by atoms with Crippen LogP contribution in [0.3, 0.4) is 0 Å². The second-order valence-electron chi connectivity index (χ2n) is 3.04. The molecule has 0 radical (unpaired) electrons. The van der Waals surface area contributed by atoms with Gasteiger partial charge >= 0.3 is 17.9 Å². The van der Waals surface area contributed by atoms with E-state index >= 15 is 0 Å². The van der Waals surface area contributed by atoms with Gasteiger partial charge in [0.15, 0.2) is 12.4 Å². The number of rotatable bonds is 6. The van der Waals surface area contributed by atoms with Crippen molar-refractivity contribution in [2.45, 2.75) is 20.8 Å². The largest absolute Gasteiger partial charge is 0.458 e. The minimum atomic E-state index is -0.626. The molecule has 0 saturated heterocycles. The van der Waals surface area contributed by atoms with Crippen molar-refractivity contribution in [3.8, 4) is 0 Å². The summed E-state index contributed by atoms with van der Waals surface area (Å²) in [5.41, 5.74) is 0. The van der Waals surface area contributed by atoms with Crippen molar-refractivity contribution in [3.63, 3.8) is 0 Å². The van der Waals surface area contributed by atoms with Crippen LogP contribution < -0.4 is 0 Å². The molecule has 0 aliphatic rings. The van der Waals surface area contributed by atoms with E-state index in [4.69, 9.17) is 4.74 Å². The average Bonchev–Trinajstić information content (AvgIpc) is 2.20. The maximum atomic E-state index is 10.6. The Labute approximate surface area is 109 Å². The molecule has 0 aromatic carbocycles. The number of hydrogen-bond acceptors (Lipinski definition) is 7. The van der Waals surface area contributed by atoms with Crippen molar-refractivity contribution in [1.82, 2.24) is 0 Å². The molecule has 0 atom stereocenters. The zero-order valence-electron chi connectivity index (χ0n) is 10.8. The van der Waals surface area contributed by atoms with Crippen LogP contribution in [0.4, 0.5) is 0 Å². The first kappa shape index (κ1) is 19.0. The van der Waals surface area contributed by atoms with Crippen molar-refractivity contribution in [2.24, 2.45) is 0 Å². The molecule has 2 N–H and O–H groups in total. The molecule has 19 heavy (non-hydrogen) atoms. The third-order valence-corrected chi connectivity index (χ3v) is 1.28. The molecule has 0 fully saturated rings. The Morgan fingerprint density at radius 2 is 1.58 bits per heavy atom. The summed E-state index contributed by atoms with van der Waals surface area (Å²) in [6.45, 7) is 6.56. The summed E-state index contributed by atoms with van der Waals surface area (Å²) in [6.07, 6.45) is 0.931. The Kier molecular flexibility index (Phi) is 9.66. The molecule has 0 aliphatic carbocycles. The monoisotopic (exact) mass is 276 g/mol. The van der Waals surface area contributed by atoms with Gasteiger partial charge in [-0.05, 0) is 6.58 Å². The molecular weight excluding hydrogens is 260 g/mol. The topological polar surface area (TPSA) is 120 Å². The third-order valence-electron chi connectivity index (χ3n) is 1.28. The van der Waals surface area contributed by atoms with Gasteiger partial charge in [0.1, 0.15) is 6.26 Å². The van der Waals surface area contributed by atoms with E-state index in [0.717, 1.165) is 13.2 Å². The zero-order chi connectivity index (χ0) is 14.1. The van der Waals surface area contributed by atoms with Crippen LogP contribution in [0.15, 0.2) is 24.5 Å². The second-order valence-corrected chi connectivity index (χ2v) is 3.04. The molecule has 0 saturated carbocycles. The second kappa shape index (κ2) is 9.66. The van der Waals surface area contributed by atoms with E-state index in [-0.39, 0.29) is 23.8 Å². The third kappa shape index (κ3) is 11.9. The predicted molar refractivity (Wildman–Crippen MR) is 62.1 cm³/mol. The Morgan fingerprint density at radius 1 is 1.00 bits per heavy atom. The fourth-order valence-corrected chi connectivity index (χ4v) is 0.736. The molecule has 0 rings (SSSR count). The molecular formula is C11H16O8. The normalized spacial score (nSPS) is 9.74. The SMILES string of the molecule is C=C(OC(C)=O)O/C(=C/OC(C)=O)COC(C)=O.O. The summed E-state index contributed by atoms with van der Waals surface area (Å²) in [7, 11) is 0. The maximum absolute atomic E-state index is 10.6. The van der Waals surface area contributed by atoms with Crippen molar-refractivity contribution in [3.05, 3.63) is 24.5 Å². The molecule has 108 valence electrons. The molecule has 0 heterocycles. The van der Waals surface area contributed by atoms with Gasteiger partial charge in [-0.3, -0.25) is 14.4 Å². The fraction of sp³-hybridized carbons (Fsp3) is 0.364. The molecule has 8 nitrogen and oxygen atoms in total. The lowest BCUT2D eigenvalue weighted by Gasteiger charge is -2.10. The highest BCUT2D eigenvalue weighted by Gasteiger charge is 2.08. The molecule has 0 aliphatic heterocycles. The number of ether oxygens (including phenoxy) is 4. The maximum Gasteiger partial charge on any atom is 0.310 e. The van der Waals surface area contributed by atoms with Gasteiger partial charge in [-0.2, -0.15) is 0 Å². The zero-order valence-corrected chi connectivity index (χ0v) is 10.8. The van der Waals surface area contributed by atoms with Gasteiger partial charge in [-0.1, -0.05) is 0 Å². The number of carbonyl (C=O) groups excluding carboxylic acids is 3. The smallest absolute Gasteiger partial charge is 0.310 e. The van der Waals surface area contributed by atoms with Gasteiger partial charge in [-0.25, -0.2) is 0 Å². The lowest BCUT2D eigenvalue weighted by atomic mass is 10.5. The Morgan fingerprint density at radius 3 is 2.00 bits per heavy atom.